The molecule has 0 radical (unpaired) electrons. The van der Waals surface area contributed by atoms with Gasteiger partial charge in [-0.3, -0.25) is 4.99 Å². The summed E-state index contributed by atoms with van der Waals surface area (Å²) in [5, 5.41) is 2.92. The molecular formula is C14H19F2N3. The molecule has 3 nitrogen and oxygen atoms in total. The average molecular weight is 267 g/mol. The van der Waals surface area contributed by atoms with Crippen molar-refractivity contribution >= 4 is 5.96 Å². The Morgan fingerprint density at radius 1 is 1.37 bits per heavy atom. The molecule has 0 heterocycles. The summed E-state index contributed by atoms with van der Waals surface area (Å²) in [6.07, 6.45) is 4.12. The Morgan fingerprint density at radius 3 is 2.84 bits per heavy atom. The summed E-state index contributed by atoms with van der Waals surface area (Å²) in [5.74, 6) is 0.223. The van der Waals surface area contributed by atoms with Crippen molar-refractivity contribution in [2.45, 2.75) is 25.7 Å². The van der Waals surface area contributed by atoms with E-state index in [1.807, 2.05) is 0 Å². The monoisotopic (exact) mass is 267 g/mol. The van der Waals surface area contributed by atoms with Gasteiger partial charge >= 0.3 is 0 Å². The predicted molar refractivity (Wildman–Crippen MR) is 71.9 cm³/mol. The number of benzene rings is 1. The van der Waals surface area contributed by atoms with Crippen LogP contribution in [0.2, 0.25) is 0 Å². The molecule has 5 heteroatoms. The van der Waals surface area contributed by atoms with Crippen LogP contribution in [0.15, 0.2) is 23.2 Å². The van der Waals surface area contributed by atoms with E-state index in [1.165, 1.54) is 25.3 Å². The molecule has 1 aliphatic carbocycles. The summed E-state index contributed by atoms with van der Waals surface area (Å²) in [4.78, 5) is 4.23. The first-order valence-corrected chi connectivity index (χ1v) is 6.63. The average Bonchev–Trinajstić information content (AvgIpc) is 2.31. The fourth-order valence-corrected chi connectivity index (χ4v) is 2.02. The molecular weight excluding hydrogens is 248 g/mol. The van der Waals surface area contributed by atoms with E-state index in [4.69, 9.17) is 5.73 Å². The quantitative estimate of drug-likeness (QED) is 0.635. The Bertz CT molecular complexity index is 456. The van der Waals surface area contributed by atoms with Gasteiger partial charge < -0.3 is 11.1 Å². The number of rotatable bonds is 5. The van der Waals surface area contributed by atoms with Gasteiger partial charge in [0.15, 0.2) is 5.96 Å². The molecule has 3 N–H and O–H groups in total. The van der Waals surface area contributed by atoms with Gasteiger partial charge in [0.2, 0.25) is 0 Å². The lowest BCUT2D eigenvalue weighted by molar-refractivity contribution is 0.326. The molecule has 1 aliphatic rings. The first kappa shape index (κ1) is 13.8. The van der Waals surface area contributed by atoms with Crippen molar-refractivity contribution in [3.05, 3.63) is 35.4 Å². The standard InChI is InChI=1S/C14H19F2N3/c15-12-4-5-13(16)11(8-12)6-7-18-14(17)19-9-10-2-1-3-10/h4-5,8,10H,1-3,6-7,9H2,(H3,17,18,19). The Balaban J connectivity index is 1.74. The molecule has 0 unspecified atom stereocenters. The molecule has 2 rings (SSSR count). The van der Waals surface area contributed by atoms with E-state index in [2.05, 4.69) is 10.3 Å². The summed E-state index contributed by atoms with van der Waals surface area (Å²) in [6.45, 7) is 1.20. The second-order valence-corrected chi connectivity index (χ2v) is 4.94. The van der Waals surface area contributed by atoms with Gasteiger partial charge in [0.1, 0.15) is 11.6 Å². The third-order valence-electron chi connectivity index (χ3n) is 3.45. The first-order valence-electron chi connectivity index (χ1n) is 6.63. The normalized spacial score (nSPS) is 16.2. The van der Waals surface area contributed by atoms with Crippen molar-refractivity contribution < 1.29 is 8.78 Å². The van der Waals surface area contributed by atoms with E-state index in [9.17, 15) is 8.78 Å². The van der Waals surface area contributed by atoms with Gasteiger partial charge in [0, 0.05) is 13.1 Å². The fourth-order valence-electron chi connectivity index (χ4n) is 2.02. The number of hydrogen-bond acceptors (Lipinski definition) is 1. The molecule has 0 spiro atoms. The molecule has 0 aliphatic heterocycles. The maximum absolute atomic E-state index is 13.3. The number of halogens is 2. The number of hydrogen-bond donors (Lipinski definition) is 2. The van der Waals surface area contributed by atoms with E-state index in [0.717, 1.165) is 18.7 Å². The highest BCUT2D eigenvalue weighted by molar-refractivity contribution is 5.77. The van der Waals surface area contributed by atoms with Crippen molar-refractivity contribution in [1.82, 2.24) is 5.32 Å². The second kappa shape index (κ2) is 6.50. The molecule has 1 fully saturated rings. The van der Waals surface area contributed by atoms with Crippen LogP contribution in [0.5, 0.6) is 0 Å². The Hall–Kier alpha value is -1.65. The van der Waals surface area contributed by atoms with E-state index in [0.29, 0.717) is 30.4 Å². The number of nitrogens with zero attached hydrogens (tertiary/aromatic N) is 1. The van der Waals surface area contributed by atoms with Crippen LogP contribution in [0, 0.1) is 17.6 Å². The van der Waals surface area contributed by atoms with E-state index >= 15 is 0 Å². The van der Waals surface area contributed by atoms with Crippen LogP contribution in [-0.4, -0.2) is 19.0 Å². The van der Waals surface area contributed by atoms with Crippen LogP contribution in [-0.2, 0) is 6.42 Å². The maximum atomic E-state index is 13.3. The van der Waals surface area contributed by atoms with Crippen LogP contribution in [0.3, 0.4) is 0 Å². The van der Waals surface area contributed by atoms with Crippen LogP contribution in [0.4, 0.5) is 8.78 Å². The molecule has 19 heavy (non-hydrogen) atoms. The lowest BCUT2D eigenvalue weighted by atomic mass is 9.86. The molecule has 0 saturated heterocycles. The van der Waals surface area contributed by atoms with Crippen molar-refractivity contribution in [2.75, 3.05) is 13.1 Å². The summed E-state index contributed by atoms with van der Waals surface area (Å²) >= 11 is 0. The number of guanidine groups is 1. The first-order chi connectivity index (χ1) is 9.15. The van der Waals surface area contributed by atoms with Gasteiger partial charge in [0.25, 0.3) is 0 Å². The van der Waals surface area contributed by atoms with Crippen molar-refractivity contribution in [3.63, 3.8) is 0 Å². The van der Waals surface area contributed by atoms with Gasteiger partial charge in [0.05, 0.1) is 0 Å². The highest BCUT2D eigenvalue weighted by Crippen LogP contribution is 2.26. The fraction of sp³-hybridized carbons (Fsp3) is 0.500. The molecule has 1 saturated carbocycles. The number of aliphatic imine (C=N–C) groups is 1. The third-order valence-corrected chi connectivity index (χ3v) is 3.45. The Morgan fingerprint density at radius 2 is 2.16 bits per heavy atom. The minimum absolute atomic E-state index is 0.347. The highest BCUT2D eigenvalue weighted by atomic mass is 19.1. The van der Waals surface area contributed by atoms with Crippen LogP contribution >= 0.6 is 0 Å². The molecule has 0 aromatic heterocycles. The van der Waals surface area contributed by atoms with Gasteiger partial charge in [-0.25, -0.2) is 8.78 Å². The van der Waals surface area contributed by atoms with E-state index in [1.54, 1.807) is 0 Å². The zero-order chi connectivity index (χ0) is 13.7. The summed E-state index contributed by atoms with van der Waals surface area (Å²) in [7, 11) is 0. The second-order valence-electron chi connectivity index (χ2n) is 4.94. The smallest absolute Gasteiger partial charge is 0.188 e. The minimum Gasteiger partial charge on any atom is -0.370 e. The van der Waals surface area contributed by atoms with Crippen LogP contribution in [0.1, 0.15) is 24.8 Å². The van der Waals surface area contributed by atoms with Crippen molar-refractivity contribution in [3.8, 4) is 0 Å². The third kappa shape index (κ3) is 4.19. The Kier molecular flexibility index (Phi) is 4.71. The molecule has 1 aromatic rings. The molecule has 0 amide bonds. The summed E-state index contributed by atoms with van der Waals surface area (Å²) < 4.78 is 26.3. The maximum Gasteiger partial charge on any atom is 0.188 e. The minimum atomic E-state index is -0.428. The highest BCUT2D eigenvalue weighted by Gasteiger charge is 2.16. The molecule has 104 valence electrons. The van der Waals surface area contributed by atoms with Gasteiger partial charge in [-0.2, -0.15) is 0 Å². The predicted octanol–water partition coefficient (Wildman–Crippen LogP) is 2.21. The largest absolute Gasteiger partial charge is 0.370 e. The zero-order valence-corrected chi connectivity index (χ0v) is 10.8. The lowest BCUT2D eigenvalue weighted by Gasteiger charge is -2.23. The van der Waals surface area contributed by atoms with Gasteiger partial charge in [-0.15, -0.1) is 0 Å². The topological polar surface area (TPSA) is 50.4 Å². The zero-order valence-electron chi connectivity index (χ0n) is 10.8. The van der Waals surface area contributed by atoms with Crippen molar-refractivity contribution in [1.29, 1.82) is 0 Å². The van der Waals surface area contributed by atoms with E-state index in [-0.39, 0.29) is 0 Å². The lowest BCUT2D eigenvalue weighted by Crippen LogP contribution is -2.34. The molecule has 0 atom stereocenters. The van der Waals surface area contributed by atoms with Crippen LogP contribution < -0.4 is 11.1 Å². The number of nitrogens with two attached hydrogens (primary N) is 1. The summed E-state index contributed by atoms with van der Waals surface area (Å²) in [6, 6.07) is 3.46. The number of nitrogens with one attached hydrogen (secondary N) is 1. The summed E-state index contributed by atoms with van der Waals surface area (Å²) in [5.41, 5.74) is 6.05. The SMILES string of the molecule is NC(=NCC1CCC1)NCCc1cc(F)ccc1F. The van der Waals surface area contributed by atoms with Gasteiger partial charge in [-0.1, -0.05) is 6.42 Å². The van der Waals surface area contributed by atoms with Gasteiger partial charge in [-0.05, 0) is 48.9 Å². The molecule has 1 aromatic carbocycles. The van der Waals surface area contributed by atoms with Crippen LogP contribution in [0.25, 0.3) is 0 Å². The Labute approximate surface area is 111 Å². The molecule has 0 bridgehead atoms. The van der Waals surface area contributed by atoms with E-state index < -0.39 is 11.6 Å². The van der Waals surface area contributed by atoms with Crippen molar-refractivity contribution in [2.24, 2.45) is 16.6 Å².